The zero-order valence-electron chi connectivity index (χ0n) is 17.7. The quantitative estimate of drug-likeness (QED) is 0.321. The second-order valence-corrected chi connectivity index (χ2v) is 10.3. The van der Waals surface area contributed by atoms with Crippen LogP contribution in [0.3, 0.4) is 0 Å². The predicted octanol–water partition coefficient (Wildman–Crippen LogP) is 6.30. The van der Waals surface area contributed by atoms with Crippen molar-refractivity contribution in [2.45, 2.75) is 31.1 Å². The summed E-state index contributed by atoms with van der Waals surface area (Å²) in [5.74, 6) is -0.371. The van der Waals surface area contributed by atoms with Gasteiger partial charge in [0.1, 0.15) is 0 Å². The van der Waals surface area contributed by atoms with Gasteiger partial charge in [0.05, 0.1) is 21.1 Å². The van der Waals surface area contributed by atoms with E-state index in [1.807, 2.05) is 42.5 Å². The van der Waals surface area contributed by atoms with Crippen LogP contribution in [0.15, 0.2) is 83.8 Å². The number of sulfonamides is 1. The summed E-state index contributed by atoms with van der Waals surface area (Å²) in [6, 6.07) is 23.3. The van der Waals surface area contributed by atoms with Gasteiger partial charge in [0.15, 0.2) is 0 Å². The van der Waals surface area contributed by atoms with Crippen LogP contribution in [0.1, 0.15) is 35.7 Å². The molecular weight excluding hydrogens is 440 g/mol. The summed E-state index contributed by atoms with van der Waals surface area (Å²) >= 11 is 1.47. The van der Waals surface area contributed by atoms with Crippen LogP contribution in [0.5, 0.6) is 0 Å². The number of carbonyl (C=O) groups excluding carboxylic acids is 1. The lowest BCUT2D eigenvalue weighted by Gasteiger charge is -2.13. The Morgan fingerprint density at radius 2 is 1.66 bits per heavy atom. The molecule has 7 heteroatoms. The van der Waals surface area contributed by atoms with Crippen molar-refractivity contribution in [2.24, 2.45) is 0 Å². The highest BCUT2D eigenvalue weighted by Gasteiger charge is 2.19. The monoisotopic (exact) mass is 464 g/mol. The van der Waals surface area contributed by atoms with Gasteiger partial charge in [-0.2, -0.15) is 0 Å². The second kappa shape index (κ2) is 9.54. The molecule has 4 aromatic rings. The van der Waals surface area contributed by atoms with Gasteiger partial charge >= 0.3 is 0 Å². The molecule has 0 radical (unpaired) electrons. The Kier molecular flexibility index (Phi) is 6.58. The van der Waals surface area contributed by atoms with E-state index in [1.165, 1.54) is 11.3 Å². The molecule has 2 N–H and O–H groups in total. The molecule has 5 nitrogen and oxygen atoms in total. The minimum atomic E-state index is -3.83. The molecule has 0 aliphatic heterocycles. The number of fused-ring (bicyclic) bond motifs is 1. The van der Waals surface area contributed by atoms with Gasteiger partial charge in [0.2, 0.25) is 0 Å². The van der Waals surface area contributed by atoms with E-state index in [9.17, 15) is 13.2 Å². The third-order valence-electron chi connectivity index (χ3n) is 5.13. The van der Waals surface area contributed by atoms with Crippen LogP contribution in [0, 0.1) is 0 Å². The van der Waals surface area contributed by atoms with Gasteiger partial charge in [-0.1, -0.05) is 55.8 Å². The average Bonchev–Trinajstić information content (AvgIpc) is 3.20. The number of unbranched alkanes of at least 4 members (excludes halogenated alkanes) is 1. The predicted molar refractivity (Wildman–Crippen MR) is 132 cm³/mol. The van der Waals surface area contributed by atoms with Crippen molar-refractivity contribution in [3.8, 4) is 0 Å². The lowest BCUT2D eigenvalue weighted by Crippen LogP contribution is -2.18. The fraction of sp³-hybridized carbons (Fsp3) is 0.160. The molecule has 1 heterocycles. The van der Waals surface area contributed by atoms with Crippen LogP contribution in [0.4, 0.5) is 10.7 Å². The zero-order chi connectivity index (χ0) is 22.6. The highest BCUT2D eigenvalue weighted by molar-refractivity contribution is 7.92. The molecule has 1 aromatic heterocycles. The number of carbonyl (C=O) groups is 1. The number of hydrogen-bond acceptors (Lipinski definition) is 4. The van der Waals surface area contributed by atoms with E-state index in [0.29, 0.717) is 5.00 Å². The molecular formula is C25H24N2O3S2. The Labute approximate surface area is 192 Å². The van der Waals surface area contributed by atoms with E-state index >= 15 is 0 Å². The molecule has 0 bridgehead atoms. The first-order valence-electron chi connectivity index (χ1n) is 10.5. The topological polar surface area (TPSA) is 75.3 Å². The van der Waals surface area contributed by atoms with Crippen molar-refractivity contribution in [3.05, 3.63) is 90.0 Å². The summed E-state index contributed by atoms with van der Waals surface area (Å²) in [7, 11) is -3.83. The third-order valence-corrected chi connectivity index (χ3v) is 7.54. The van der Waals surface area contributed by atoms with Gasteiger partial charge in [-0.05, 0) is 60.2 Å². The van der Waals surface area contributed by atoms with Crippen molar-refractivity contribution in [1.82, 2.24) is 0 Å². The van der Waals surface area contributed by atoms with Crippen molar-refractivity contribution >= 4 is 48.0 Å². The Morgan fingerprint density at radius 1 is 0.938 bits per heavy atom. The molecule has 0 spiro atoms. The van der Waals surface area contributed by atoms with Crippen molar-refractivity contribution in [1.29, 1.82) is 0 Å². The van der Waals surface area contributed by atoms with Crippen LogP contribution in [0.25, 0.3) is 10.1 Å². The van der Waals surface area contributed by atoms with Crippen molar-refractivity contribution < 1.29 is 13.2 Å². The van der Waals surface area contributed by atoms with Crippen LogP contribution in [-0.4, -0.2) is 14.3 Å². The molecule has 32 heavy (non-hydrogen) atoms. The Morgan fingerprint density at radius 3 is 2.41 bits per heavy atom. The van der Waals surface area contributed by atoms with E-state index < -0.39 is 10.0 Å². The van der Waals surface area contributed by atoms with E-state index in [0.717, 1.165) is 34.9 Å². The Bertz CT molecular complexity index is 1310. The summed E-state index contributed by atoms with van der Waals surface area (Å²) in [6.45, 7) is 2.12. The smallest absolute Gasteiger partial charge is 0.261 e. The molecule has 0 unspecified atom stereocenters. The Hall–Kier alpha value is -3.16. The molecule has 3 aromatic carbocycles. The maximum Gasteiger partial charge on any atom is 0.261 e. The fourth-order valence-corrected chi connectivity index (χ4v) is 5.45. The molecule has 0 saturated carbocycles. The molecule has 0 aliphatic rings. The number of anilines is 2. The molecule has 0 aliphatic carbocycles. The number of amides is 1. The Balaban J connectivity index is 1.54. The summed E-state index contributed by atoms with van der Waals surface area (Å²) in [6.07, 6.45) is 3.07. The number of hydrogen-bond donors (Lipinski definition) is 2. The standard InChI is InChI=1S/C25H24N2O3S2/c1-2-3-8-18-13-15-20(16-14-18)32(29,30)27-22-11-6-5-10-21(22)25(28)26-24-17-19-9-4-7-12-23(19)31-24/h4-7,9-17,27H,2-3,8H2,1H3,(H,26,28). The van der Waals surface area contributed by atoms with Crippen LogP contribution in [-0.2, 0) is 16.4 Å². The van der Waals surface area contributed by atoms with Crippen LogP contribution < -0.4 is 10.0 Å². The van der Waals surface area contributed by atoms with E-state index in [-0.39, 0.29) is 22.1 Å². The van der Waals surface area contributed by atoms with Crippen LogP contribution >= 0.6 is 11.3 Å². The minimum absolute atomic E-state index is 0.164. The first kappa shape index (κ1) is 22.0. The molecule has 1 amide bonds. The highest BCUT2D eigenvalue weighted by atomic mass is 32.2. The summed E-state index contributed by atoms with van der Waals surface area (Å²) in [5, 5.41) is 4.64. The maximum atomic E-state index is 12.9. The lowest BCUT2D eigenvalue weighted by atomic mass is 10.1. The van der Waals surface area contributed by atoms with E-state index in [1.54, 1.807) is 36.4 Å². The van der Waals surface area contributed by atoms with Gasteiger partial charge in [0, 0.05) is 4.70 Å². The van der Waals surface area contributed by atoms with Gasteiger partial charge in [-0.3, -0.25) is 9.52 Å². The first-order chi connectivity index (χ1) is 15.5. The fourth-order valence-electron chi connectivity index (χ4n) is 3.41. The highest BCUT2D eigenvalue weighted by Crippen LogP contribution is 2.30. The minimum Gasteiger partial charge on any atom is -0.313 e. The summed E-state index contributed by atoms with van der Waals surface area (Å²) in [4.78, 5) is 13.1. The molecule has 0 saturated heterocycles. The number of thiophene rings is 1. The second-order valence-electron chi connectivity index (χ2n) is 7.50. The number of aryl methyl sites for hydroxylation is 1. The van der Waals surface area contributed by atoms with Gasteiger partial charge in [-0.15, -0.1) is 11.3 Å². The van der Waals surface area contributed by atoms with E-state index in [4.69, 9.17) is 0 Å². The molecule has 0 fully saturated rings. The van der Waals surface area contributed by atoms with Gasteiger partial charge in [-0.25, -0.2) is 8.42 Å². The van der Waals surface area contributed by atoms with Crippen LogP contribution in [0.2, 0.25) is 0 Å². The van der Waals surface area contributed by atoms with Crippen molar-refractivity contribution in [2.75, 3.05) is 10.0 Å². The van der Waals surface area contributed by atoms with E-state index in [2.05, 4.69) is 17.0 Å². The number of para-hydroxylation sites is 1. The third kappa shape index (κ3) is 5.00. The number of nitrogens with one attached hydrogen (secondary N) is 2. The summed E-state index contributed by atoms with van der Waals surface area (Å²) in [5.41, 5.74) is 1.60. The SMILES string of the molecule is CCCCc1ccc(S(=O)(=O)Nc2ccccc2C(=O)Nc2cc3ccccc3s2)cc1. The average molecular weight is 465 g/mol. The van der Waals surface area contributed by atoms with Crippen molar-refractivity contribution in [3.63, 3.8) is 0 Å². The maximum absolute atomic E-state index is 12.9. The lowest BCUT2D eigenvalue weighted by molar-refractivity contribution is 0.102. The molecule has 0 atom stereocenters. The van der Waals surface area contributed by atoms with Gasteiger partial charge < -0.3 is 5.32 Å². The zero-order valence-corrected chi connectivity index (χ0v) is 19.3. The summed E-state index contributed by atoms with van der Waals surface area (Å²) < 4.78 is 29.5. The number of benzene rings is 3. The normalized spacial score (nSPS) is 11.4. The molecule has 164 valence electrons. The first-order valence-corrected chi connectivity index (χ1v) is 12.8. The number of rotatable bonds is 8. The van der Waals surface area contributed by atoms with Gasteiger partial charge in [0.25, 0.3) is 15.9 Å². The molecule has 4 rings (SSSR count). The largest absolute Gasteiger partial charge is 0.313 e.